The molecule has 75 heavy (non-hydrogen) atoms. The molecule has 10 heteroatoms. The maximum absolute atomic E-state index is 12.7. The Morgan fingerprint density at radius 1 is 0.413 bits per heavy atom. The molecule has 0 amide bonds. The van der Waals surface area contributed by atoms with Crippen LogP contribution in [0.5, 0.6) is 0 Å². The smallest absolute Gasteiger partial charge is 0.462 e. The highest BCUT2D eigenvalue weighted by Crippen LogP contribution is 2.43. The van der Waals surface area contributed by atoms with E-state index in [0.717, 1.165) is 64.2 Å². The van der Waals surface area contributed by atoms with Gasteiger partial charge in [-0.1, -0.05) is 273 Å². The molecule has 0 aromatic rings. The third-order valence-electron chi connectivity index (χ3n) is 13.6. The molecule has 0 aliphatic rings. The molecule has 0 saturated heterocycles. The van der Waals surface area contributed by atoms with Gasteiger partial charge in [-0.25, -0.2) is 4.57 Å². The van der Waals surface area contributed by atoms with Crippen molar-refractivity contribution in [3.8, 4) is 0 Å². The van der Waals surface area contributed by atoms with Crippen LogP contribution in [0.15, 0.2) is 72.9 Å². The molecule has 0 aliphatic heterocycles. The summed E-state index contributed by atoms with van der Waals surface area (Å²) in [5, 5.41) is 0. The van der Waals surface area contributed by atoms with Gasteiger partial charge in [-0.2, -0.15) is 0 Å². The number of nitrogens with two attached hydrogens (primary N) is 1. The van der Waals surface area contributed by atoms with E-state index in [2.05, 4.69) is 86.8 Å². The molecule has 0 aliphatic carbocycles. The zero-order valence-electron chi connectivity index (χ0n) is 48.8. The normalized spacial score (nSPS) is 13.5. The van der Waals surface area contributed by atoms with Crippen LogP contribution < -0.4 is 5.73 Å². The average molecular weight is 1070 g/mol. The Labute approximate surface area is 462 Å². The van der Waals surface area contributed by atoms with Crippen molar-refractivity contribution in [1.82, 2.24) is 0 Å². The zero-order valence-corrected chi connectivity index (χ0v) is 49.7. The van der Waals surface area contributed by atoms with Gasteiger partial charge in [0.05, 0.1) is 13.2 Å². The largest absolute Gasteiger partial charge is 0.472 e. The molecule has 0 rings (SSSR count). The summed E-state index contributed by atoms with van der Waals surface area (Å²) in [7, 11) is -4.39. The van der Waals surface area contributed by atoms with Crippen molar-refractivity contribution in [2.24, 2.45) is 5.73 Å². The molecule has 3 N–H and O–H groups in total. The first-order chi connectivity index (χ1) is 36.8. The molecule has 436 valence electrons. The van der Waals surface area contributed by atoms with E-state index in [1.807, 2.05) is 0 Å². The molecule has 0 fully saturated rings. The molecule has 0 saturated carbocycles. The number of unbranched alkanes of at least 4 members (excludes halogenated alkanes) is 34. The second-order valence-electron chi connectivity index (χ2n) is 20.9. The van der Waals surface area contributed by atoms with Crippen LogP contribution in [0.25, 0.3) is 0 Å². The Morgan fingerprint density at radius 2 is 0.733 bits per heavy atom. The zero-order chi connectivity index (χ0) is 54.5. The van der Waals surface area contributed by atoms with Gasteiger partial charge >= 0.3 is 19.8 Å². The van der Waals surface area contributed by atoms with Gasteiger partial charge in [-0.05, 0) is 83.5 Å². The van der Waals surface area contributed by atoms with Crippen molar-refractivity contribution in [3.63, 3.8) is 0 Å². The van der Waals surface area contributed by atoms with Gasteiger partial charge in [0.1, 0.15) is 6.61 Å². The Bertz CT molecular complexity index is 1460. The molecular weight excluding hydrogens is 954 g/mol. The van der Waals surface area contributed by atoms with E-state index in [0.29, 0.717) is 6.42 Å². The monoisotopic (exact) mass is 1070 g/mol. The van der Waals surface area contributed by atoms with Crippen LogP contribution in [-0.2, 0) is 32.7 Å². The van der Waals surface area contributed by atoms with E-state index in [4.69, 9.17) is 24.3 Å². The number of rotatable bonds is 59. The predicted octanol–water partition coefficient (Wildman–Crippen LogP) is 20.1. The number of carbonyl (C=O) groups excluding carboxylic acids is 2. The van der Waals surface area contributed by atoms with Gasteiger partial charge in [0, 0.05) is 19.4 Å². The van der Waals surface area contributed by atoms with E-state index in [9.17, 15) is 19.0 Å². The molecule has 0 radical (unpaired) electrons. The van der Waals surface area contributed by atoms with Gasteiger partial charge in [-0.3, -0.25) is 18.6 Å². The Kier molecular flexibility index (Phi) is 58.6. The molecule has 0 bridgehead atoms. The van der Waals surface area contributed by atoms with Crippen molar-refractivity contribution in [3.05, 3.63) is 72.9 Å². The molecule has 2 atom stereocenters. The predicted molar refractivity (Wildman–Crippen MR) is 321 cm³/mol. The Morgan fingerprint density at radius 3 is 1.09 bits per heavy atom. The van der Waals surface area contributed by atoms with Crippen LogP contribution in [0, 0.1) is 0 Å². The van der Waals surface area contributed by atoms with Gasteiger partial charge in [-0.15, -0.1) is 0 Å². The summed E-state index contributed by atoms with van der Waals surface area (Å²) < 4.78 is 33.1. The fourth-order valence-electron chi connectivity index (χ4n) is 8.95. The highest BCUT2D eigenvalue weighted by molar-refractivity contribution is 7.47. The van der Waals surface area contributed by atoms with Gasteiger partial charge in [0.2, 0.25) is 0 Å². The summed E-state index contributed by atoms with van der Waals surface area (Å²) in [6.07, 6.45) is 78.4. The van der Waals surface area contributed by atoms with Gasteiger partial charge in [0.15, 0.2) is 6.10 Å². The molecule has 0 spiro atoms. The number of phosphoric ester groups is 1. The second-order valence-corrected chi connectivity index (χ2v) is 22.3. The van der Waals surface area contributed by atoms with Crippen molar-refractivity contribution in [2.75, 3.05) is 26.4 Å². The van der Waals surface area contributed by atoms with E-state index >= 15 is 0 Å². The SMILES string of the molecule is CC/C=C\C/C=C\C/C=C\C/C=C\CCCCCCCCCCCCCCCCCCCCCCCCC(=O)OC(COC(=O)CCCCCCCCCCC/C=C\C/C=C\CCCCC)COP(=O)(O)OCCN. The topological polar surface area (TPSA) is 134 Å². The standard InChI is InChI=1S/C65H118NO8P/c1-3-5-7-9-11-13-15-17-19-21-23-24-25-26-27-28-29-30-31-32-33-34-35-36-37-38-40-42-44-46-48-50-52-54-56-58-65(68)74-63(62-73-75(69,70)72-60-59-66)61-71-64(67)57-55-53-51-49-47-45-43-41-39-22-20-18-16-14-12-10-8-6-4-2/h5,7,11-14,17-20,23-24,63H,3-4,6,8-10,15-16,21-22,25-62,66H2,1-2H3,(H,69,70)/b7-5-,13-11-,14-12-,19-17-,20-18-,24-23-. The summed E-state index contributed by atoms with van der Waals surface area (Å²) in [6.45, 7) is 3.64. The lowest BCUT2D eigenvalue weighted by atomic mass is 10.0. The van der Waals surface area contributed by atoms with E-state index in [-0.39, 0.29) is 38.6 Å². The fraction of sp³-hybridized carbons (Fsp3) is 0.785. The minimum absolute atomic E-state index is 0.0525. The van der Waals surface area contributed by atoms with E-state index in [1.165, 1.54) is 199 Å². The first-order valence-electron chi connectivity index (χ1n) is 31.4. The van der Waals surface area contributed by atoms with Crippen molar-refractivity contribution < 1.29 is 37.6 Å². The minimum atomic E-state index is -4.39. The molecular formula is C65H118NO8P. The minimum Gasteiger partial charge on any atom is -0.462 e. The molecule has 0 heterocycles. The Hall–Kier alpha value is -2.55. The summed E-state index contributed by atoms with van der Waals surface area (Å²) >= 11 is 0. The molecule has 0 aromatic heterocycles. The summed E-state index contributed by atoms with van der Waals surface area (Å²) in [6, 6.07) is 0. The van der Waals surface area contributed by atoms with Crippen molar-refractivity contribution in [1.29, 1.82) is 0 Å². The number of phosphoric acid groups is 1. The summed E-state index contributed by atoms with van der Waals surface area (Å²) in [5.41, 5.74) is 5.39. The summed E-state index contributed by atoms with van der Waals surface area (Å²) in [5.74, 6) is -0.821. The van der Waals surface area contributed by atoms with Crippen molar-refractivity contribution in [2.45, 2.75) is 302 Å². The average Bonchev–Trinajstić information content (AvgIpc) is 3.40. The molecule has 2 unspecified atom stereocenters. The highest BCUT2D eigenvalue weighted by Gasteiger charge is 2.26. The first kappa shape index (κ1) is 72.5. The third-order valence-corrected chi connectivity index (χ3v) is 14.6. The maximum atomic E-state index is 12.7. The third kappa shape index (κ3) is 60.5. The van der Waals surface area contributed by atoms with Crippen LogP contribution in [0.3, 0.4) is 0 Å². The lowest BCUT2D eigenvalue weighted by Crippen LogP contribution is -2.29. The van der Waals surface area contributed by atoms with Crippen molar-refractivity contribution >= 4 is 19.8 Å². The molecule has 0 aromatic carbocycles. The highest BCUT2D eigenvalue weighted by atomic mass is 31.2. The fourth-order valence-corrected chi connectivity index (χ4v) is 9.72. The number of hydrogen-bond donors (Lipinski definition) is 2. The number of ether oxygens (including phenoxy) is 2. The van der Waals surface area contributed by atoms with Crippen LogP contribution >= 0.6 is 7.82 Å². The first-order valence-corrected chi connectivity index (χ1v) is 32.9. The number of allylic oxidation sites excluding steroid dienone is 12. The molecule has 9 nitrogen and oxygen atoms in total. The number of carbonyl (C=O) groups is 2. The quantitative estimate of drug-likeness (QED) is 0.0264. The lowest BCUT2D eigenvalue weighted by molar-refractivity contribution is -0.161. The second kappa shape index (κ2) is 60.7. The lowest BCUT2D eigenvalue weighted by Gasteiger charge is -2.19. The van der Waals surface area contributed by atoms with E-state index in [1.54, 1.807) is 0 Å². The number of hydrogen-bond acceptors (Lipinski definition) is 8. The number of esters is 2. The van der Waals surface area contributed by atoms with Gasteiger partial charge in [0.25, 0.3) is 0 Å². The summed E-state index contributed by atoms with van der Waals surface area (Å²) in [4.78, 5) is 35.2. The van der Waals surface area contributed by atoms with Gasteiger partial charge < -0.3 is 20.1 Å². The van der Waals surface area contributed by atoms with Crippen LogP contribution in [0.4, 0.5) is 0 Å². The van der Waals surface area contributed by atoms with Crippen LogP contribution in [0.1, 0.15) is 296 Å². The van der Waals surface area contributed by atoms with Crippen LogP contribution in [-0.4, -0.2) is 49.3 Å². The van der Waals surface area contributed by atoms with E-state index < -0.39 is 26.5 Å². The Balaban J connectivity index is 3.85. The maximum Gasteiger partial charge on any atom is 0.472 e. The van der Waals surface area contributed by atoms with Crippen LogP contribution in [0.2, 0.25) is 0 Å².